The molecule has 0 spiro atoms. The average molecular weight is 372 g/mol. The van der Waals surface area contributed by atoms with Crippen LogP contribution in [0.5, 0.6) is 0 Å². The number of nitrogens with zero attached hydrogens (tertiary/aromatic N) is 2. The molecule has 0 fully saturated rings. The molecule has 0 saturated carbocycles. The van der Waals surface area contributed by atoms with E-state index in [9.17, 15) is 26.0 Å². The Morgan fingerprint density at radius 3 is 2.16 bits per heavy atom. The van der Waals surface area contributed by atoms with Crippen molar-refractivity contribution >= 4 is 9.84 Å². The molecule has 5 nitrogen and oxygen atoms in total. The number of rotatable bonds is 3. The number of halogens is 4. The Morgan fingerprint density at radius 2 is 1.60 bits per heavy atom. The van der Waals surface area contributed by atoms with E-state index in [-0.39, 0.29) is 16.3 Å². The zero-order chi connectivity index (χ0) is 18.2. The van der Waals surface area contributed by atoms with Gasteiger partial charge in [-0.1, -0.05) is 17.3 Å². The molecule has 0 saturated heterocycles. The lowest BCUT2D eigenvalue weighted by molar-refractivity contribution is -0.159. The normalized spacial score (nSPS) is 12.3. The summed E-state index contributed by atoms with van der Waals surface area (Å²) < 4.78 is 80.0. The average Bonchev–Trinajstić information content (AvgIpc) is 3.05. The molecule has 0 bridgehead atoms. The van der Waals surface area contributed by atoms with Gasteiger partial charge in [-0.05, 0) is 36.4 Å². The second-order valence-corrected chi connectivity index (χ2v) is 6.80. The summed E-state index contributed by atoms with van der Waals surface area (Å²) in [6, 6.07) is 9.53. The van der Waals surface area contributed by atoms with Gasteiger partial charge in [-0.15, -0.1) is 0 Å². The number of sulfone groups is 1. The highest BCUT2D eigenvalue weighted by molar-refractivity contribution is 7.91. The van der Waals surface area contributed by atoms with Crippen molar-refractivity contribution in [2.24, 2.45) is 0 Å². The Morgan fingerprint density at radius 1 is 0.960 bits per heavy atom. The predicted molar refractivity (Wildman–Crippen MR) is 76.6 cm³/mol. The second kappa shape index (κ2) is 5.96. The van der Waals surface area contributed by atoms with E-state index in [1.54, 1.807) is 0 Å². The molecule has 25 heavy (non-hydrogen) atoms. The van der Waals surface area contributed by atoms with Gasteiger partial charge in [0.15, 0.2) is 0 Å². The van der Waals surface area contributed by atoms with Crippen LogP contribution in [0.4, 0.5) is 17.6 Å². The first-order valence-electron chi connectivity index (χ1n) is 6.70. The van der Waals surface area contributed by atoms with Crippen molar-refractivity contribution in [3.8, 4) is 11.4 Å². The minimum atomic E-state index is -4.78. The van der Waals surface area contributed by atoms with E-state index in [0.717, 1.165) is 24.3 Å². The fraction of sp³-hybridized carbons (Fsp3) is 0.0667. The fourth-order valence-corrected chi connectivity index (χ4v) is 3.36. The lowest BCUT2D eigenvalue weighted by Crippen LogP contribution is -2.05. The molecular weight excluding hydrogens is 364 g/mol. The lowest BCUT2D eigenvalue weighted by atomic mass is 10.2. The Labute approximate surface area is 138 Å². The van der Waals surface area contributed by atoms with E-state index in [2.05, 4.69) is 14.7 Å². The molecule has 1 heterocycles. The van der Waals surface area contributed by atoms with Gasteiger partial charge in [-0.2, -0.15) is 18.2 Å². The van der Waals surface area contributed by atoms with Crippen molar-refractivity contribution in [3.05, 3.63) is 60.2 Å². The molecule has 0 unspecified atom stereocenters. The molecular formula is C15H8F4N2O3S. The maximum Gasteiger partial charge on any atom is 0.471 e. The van der Waals surface area contributed by atoms with E-state index in [0.29, 0.717) is 0 Å². The first-order valence-corrected chi connectivity index (χ1v) is 8.19. The van der Waals surface area contributed by atoms with Gasteiger partial charge in [0, 0.05) is 5.56 Å². The third-order valence-corrected chi connectivity index (χ3v) is 5.02. The van der Waals surface area contributed by atoms with Crippen LogP contribution in [0, 0.1) is 5.82 Å². The van der Waals surface area contributed by atoms with E-state index in [1.807, 2.05) is 0 Å². The Balaban J connectivity index is 1.95. The fourth-order valence-electron chi connectivity index (χ4n) is 2.03. The molecule has 10 heteroatoms. The van der Waals surface area contributed by atoms with Gasteiger partial charge >= 0.3 is 12.1 Å². The van der Waals surface area contributed by atoms with E-state index >= 15 is 0 Å². The van der Waals surface area contributed by atoms with E-state index < -0.39 is 32.6 Å². The van der Waals surface area contributed by atoms with Crippen molar-refractivity contribution < 1.29 is 30.5 Å². The third kappa shape index (κ3) is 3.25. The number of benzene rings is 2. The molecule has 3 rings (SSSR count). The molecule has 0 N–H and O–H groups in total. The molecule has 0 aliphatic carbocycles. The van der Waals surface area contributed by atoms with Crippen molar-refractivity contribution in [3.63, 3.8) is 0 Å². The summed E-state index contributed by atoms with van der Waals surface area (Å²) in [6.45, 7) is 0. The molecule has 2 aromatic carbocycles. The number of hydrogen-bond donors (Lipinski definition) is 0. The summed E-state index contributed by atoms with van der Waals surface area (Å²) in [4.78, 5) is 2.48. The first-order chi connectivity index (χ1) is 11.7. The number of alkyl halides is 3. The van der Waals surface area contributed by atoms with Gasteiger partial charge in [-0.25, -0.2) is 12.8 Å². The van der Waals surface area contributed by atoms with Crippen LogP contribution in [-0.2, 0) is 16.0 Å². The molecule has 3 aromatic rings. The third-order valence-electron chi connectivity index (χ3n) is 3.22. The zero-order valence-electron chi connectivity index (χ0n) is 12.2. The minimum Gasteiger partial charge on any atom is -0.329 e. The summed E-state index contributed by atoms with van der Waals surface area (Å²) in [6.07, 6.45) is -4.78. The molecule has 0 aliphatic heterocycles. The monoisotopic (exact) mass is 372 g/mol. The lowest BCUT2D eigenvalue weighted by Gasteiger charge is -2.06. The Bertz CT molecular complexity index is 1010. The molecule has 0 amide bonds. The standard InChI is InChI=1S/C15H8F4N2O3S/c16-11-3-1-2-4-12(11)25(22,23)10-7-5-9(6-8-10)13-20-14(24-21-13)15(17,18)19/h1-8H. The first kappa shape index (κ1) is 17.1. The molecule has 1 aromatic heterocycles. The Hall–Kier alpha value is -2.75. The highest BCUT2D eigenvalue weighted by Gasteiger charge is 2.38. The van der Waals surface area contributed by atoms with Gasteiger partial charge in [0.05, 0.1) is 4.90 Å². The SMILES string of the molecule is O=S(=O)(c1ccc(-c2noc(C(F)(F)F)n2)cc1)c1ccccc1F. The number of hydrogen-bond acceptors (Lipinski definition) is 5. The highest BCUT2D eigenvalue weighted by atomic mass is 32.2. The van der Waals surface area contributed by atoms with Crippen LogP contribution >= 0.6 is 0 Å². The van der Waals surface area contributed by atoms with Crippen LogP contribution in [0.1, 0.15) is 5.89 Å². The maximum atomic E-state index is 13.7. The largest absolute Gasteiger partial charge is 0.471 e. The van der Waals surface area contributed by atoms with Gasteiger partial charge in [0.1, 0.15) is 10.7 Å². The summed E-state index contributed by atoms with van der Waals surface area (Å²) in [5, 5.41) is 3.20. The van der Waals surface area contributed by atoms with Gasteiger partial charge in [-0.3, -0.25) is 0 Å². The van der Waals surface area contributed by atoms with Crippen LogP contribution in [0.3, 0.4) is 0 Å². The van der Waals surface area contributed by atoms with Crippen LogP contribution in [0.15, 0.2) is 62.8 Å². The van der Waals surface area contributed by atoms with Crippen LogP contribution in [0.25, 0.3) is 11.4 Å². The molecule has 0 aliphatic rings. The van der Waals surface area contributed by atoms with Crippen LogP contribution in [-0.4, -0.2) is 18.6 Å². The highest BCUT2D eigenvalue weighted by Crippen LogP contribution is 2.30. The van der Waals surface area contributed by atoms with Crippen LogP contribution < -0.4 is 0 Å². The summed E-state index contributed by atoms with van der Waals surface area (Å²) >= 11 is 0. The van der Waals surface area contributed by atoms with E-state index in [4.69, 9.17) is 0 Å². The van der Waals surface area contributed by atoms with Gasteiger partial charge in [0.2, 0.25) is 15.7 Å². The van der Waals surface area contributed by atoms with Crippen molar-refractivity contribution in [1.82, 2.24) is 10.1 Å². The van der Waals surface area contributed by atoms with Crippen molar-refractivity contribution in [2.45, 2.75) is 16.0 Å². The van der Waals surface area contributed by atoms with Gasteiger partial charge in [0.25, 0.3) is 0 Å². The molecule has 0 atom stereocenters. The second-order valence-electron chi connectivity index (χ2n) is 4.88. The Kier molecular flexibility index (Phi) is 4.07. The van der Waals surface area contributed by atoms with Crippen molar-refractivity contribution in [2.75, 3.05) is 0 Å². The summed E-state index contributed by atoms with van der Waals surface area (Å²) in [5.41, 5.74) is 0.117. The summed E-state index contributed by atoms with van der Waals surface area (Å²) in [5.74, 6) is -2.76. The summed E-state index contributed by atoms with van der Waals surface area (Å²) in [7, 11) is -4.11. The molecule has 130 valence electrons. The van der Waals surface area contributed by atoms with Gasteiger partial charge < -0.3 is 4.52 Å². The minimum absolute atomic E-state index is 0.117. The predicted octanol–water partition coefficient (Wildman–Crippen LogP) is 3.73. The molecule has 0 radical (unpaired) electrons. The topological polar surface area (TPSA) is 73.1 Å². The maximum absolute atomic E-state index is 13.7. The zero-order valence-corrected chi connectivity index (χ0v) is 13.0. The quantitative estimate of drug-likeness (QED) is 0.655. The van der Waals surface area contributed by atoms with Crippen molar-refractivity contribution in [1.29, 1.82) is 0 Å². The van der Waals surface area contributed by atoms with Crippen LogP contribution in [0.2, 0.25) is 0 Å². The number of aromatic nitrogens is 2. The smallest absolute Gasteiger partial charge is 0.329 e. The van der Waals surface area contributed by atoms with E-state index in [1.165, 1.54) is 24.3 Å².